The van der Waals surface area contributed by atoms with Crippen molar-refractivity contribution < 1.29 is 23.8 Å². The average Bonchev–Trinajstić information content (AvgIpc) is 2.62. The quantitative estimate of drug-likeness (QED) is 0.528. The van der Waals surface area contributed by atoms with Crippen molar-refractivity contribution >= 4 is 17.6 Å². The van der Waals surface area contributed by atoms with Crippen LogP contribution >= 0.6 is 11.6 Å². The molecule has 0 fully saturated rings. The fraction of sp³-hybridized carbons (Fsp3) is 0.350. The zero-order chi connectivity index (χ0) is 20.0. The number of aliphatic hydroxyl groups is 1. The number of ether oxygens (including phenoxy) is 2. The molecule has 146 valence electrons. The monoisotopic (exact) mass is 395 g/mol. The number of esters is 1. The Morgan fingerprint density at radius 3 is 2.56 bits per heavy atom. The summed E-state index contributed by atoms with van der Waals surface area (Å²) >= 11 is 5.76. The van der Waals surface area contributed by atoms with Crippen LogP contribution in [0.1, 0.15) is 24.5 Å². The summed E-state index contributed by atoms with van der Waals surface area (Å²) in [7, 11) is 1.35. The number of nitrogens with two attached hydrogens (primary N) is 1. The van der Waals surface area contributed by atoms with Crippen LogP contribution < -0.4 is 10.5 Å². The first-order chi connectivity index (χ1) is 12.7. The molecule has 27 heavy (non-hydrogen) atoms. The standard InChI is InChI=1S/C20H23ClFNO4/c1-13(11-20(23,25)15-5-8-18(22)17(21)10-15)12-27-16-6-3-14(4-7-16)9-19(24)26-2/h3-8,10,13,25H,9,11-12,23H2,1-2H3. The van der Waals surface area contributed by atoms with Crippen LogP contribution in [0.25, 0.3) is 0 Å². The SMILES string of the molecule is COC(=O)Cc1ccc(OCC(C)CC(N)(O)c2ccc(F)c(Cl)c2)cc1. The van der Waals surface area contributed by atoms with Crippen molar-refractivity contribution in [3.63, 3.8) is 0 Å². The number of carbonyl (C=O) groups is 1. The summed E-state index contributed by atoms with van der Waals surface area (Å²) in [6.45, 7) is 2.21. The highest BCUT2D eigenvalue weighted by atomic mass is 35.5. The zero-order valence-corrected chi connectivity index (χ0v) is 16.0. The van der Waals surface area contributed by atoms with Gasteiger partial charge in [-0.3, -0.25) is 10.5 Å². The summed E-state index contributed by atoms with van der Waals surface area (Å²) in [5.74, 6) is -0.317. The van der Waals surface area contributed by atoms with Gasteiger partial charge in [0.2, 0.25) is 0 Å². The number of benzene rings is 2. The van der Waals surface area contributed by atoms with E-state index in [0.29, 0.717) is 17.9 Å². The lowest BCUT2D eigenvalue weighted by atomic mass is 9.93. The van der Waals surface area contributed by atoms with Crippen molar-refractivity contribution in [2.75, 3.05) is 13.7 Å². The van der Waals surface area contributed by atoms with Crippen LogP contribution in [-0.2, 0) is 21.7 Å². The number of rotatable bonds is 8. The highest BCUT2D eigenvalue weighted by Crippen LogP contribution is 2.27. The molecule has 2 aromatic rings. The van der Waals surface area contributed by atoms with E-state index in [1.807, 2.05) is 6.92 Å². The van der Waals surface area contributed by atoms with Crippen LogP contribution in [0.2, 0.25) is 5.02 Å². The molecular formula is C20H23ClFNO4. The second kappa shape index (κ2) is 9.17. The molecule has 0 heterocycles. The molecule has 2 rings (SSSR count). The molecule has 2 unspecified atom stereocenters. The van der Waals surface area contributed by atoms with Gasteiger partial charge in [0, 0.05) is 0 Å². The van der Waals surface area contributed by atoms with E-state index in [1.54, 1.807) is 24.3 Å². The first-order valence-electron chi connectivity index (χ1n) is 8.46. The van der Waals surface area contributed by atoms with Gasteiger partial charge in [-0.25, -0.2) is 4.39 Å². The second-order valence-corrected chi connectivity index (χ2v) is 6.98. The summed E-state index contributed by atoms with van der Waals surface area (Å²) in [6, 6.07) is 11.0. The fourth-order valence-corrected chi connectivity index (χ4v) is 2.83. The Hall–Kier alpha value is -2.15. The van der Waals surface area contributed by atoms with E-state index >= 15 is 0 Å². The minimum Gasteiger partial charge on any atom is -0.493 e. The molecule has 2 atom stereocenters. The van der Waals surface area contributed by atoms with Gasteiger partial charge >= 0.3 is 5.97 Å². The van der Waals surface area contributed by atoms with Crippen molar-refractivity contribution in [1.29, 1.82) is 0 Å². The maximum atomic E-state index is 13.3. The van der Waals surface area contributed by atoms with Gasteiger partial charge in [0.25, 0.3) is 0 Å². The van der Waals surface area contributed by atoms with Gasteiger partial charge in [-0.2, -0.15) is 0 Å². The lowest BCUT2D eigenvalue weighted by Gasteiger charge is -2.27. The van der Waals surface area contributed by atoms with Gasteiger partial charge in [-0.05, 0) is 47.7 Å². The molecular weight excluding hydrogens is 373 g/mol. The number of halogens is 2. The third-order valence-corrected chi connectivity index (χ3v) is 4.40. The number of hydrogen-bond donors (Lipinski definition) is 2. The lowest BCUT2D eigenvalue weighted by Crippen LogP contribution is -2.39. The molecule has 2 aromatic carbocycles. The van der Waals surface area contributed by atoms with E-state index in [-0.39, 0.29) is 29.8 Å². The molecule has 3 N–H and O–H groups in total. The molecule has 0 amide bonds. The predicted octanol–water partition coefficient (Wildman–Crippen LogP) is 3.40. The van der Waals surface area contributed by atoms with E-state index in [9.17, 15) is 14.3 Å². The van der Waals surface area contributed by atoms with Crippen molar-refractivity contribution in [3.8, 4) is 5.75 Å². The molecule has 0 spiro atoms. The molecule has 0 aliphatic carbocycles. The van der Waals surface area contributed by atoms with Gasteiger partial charge in [0.05, 0.1) is 25.2 Å². The molecule has 0 aliphatic rings. The molecule has 7 heteroatoms. The normalized spacial score (nSPS) is 14.3. The Morgan fingerprint density at radius 2 is 1.96 bits per heavy atom. The summed E-state index contributed by atoms with van der Waals surface area (Å²) < 4.78 is 23.6. The molecule has 0 bridgehead atoms. The van der Waals surface area contributed by atoms with Crippen LogP contribution in [0.5, 0.6) is 5.75 Å². The first-order valence-corrected chi connectivity index (χ1v) is 8.84. The van der Waals surface area contributed by atoms with Gasteiger partial charge < -0.3 is 14.6 Å². The Balaban J connectivity index is 1.90. The Bertz CT molecular complexity index is 780. The molecule has 0 saturated carbocycles. The number of hydrogen-bond acceptors (Lipinski definition) is 5. The fourth-order valence-electron chi connectivity index (χ4n) is 2.65. The van der Waals surface area contributed by atoms with Crippen LogP contribution in [0.15, 0.2) is 42.5 Å². The third kappa shape index (κ3) is 6.20. The molecule has 0 aromatic heterocycles. The predicted molar refractivity (Wildman–Crippen MR) is 101 cm³/mol. The van der Waals surface area contributed by atoms with Gasteiger partial charge in [-0.15, -0.1) is 0 Å². The molecule has 0 saturated heterocycles. The Morgan fingerprint density at radius 1 is 1.30 bits per heavy atom. The van der Waals surface area contributed by atoms with Crippen LogP contribution in [0.4, 0.5) is 4.39 Å². The molecule has 0 aliphatic heterocycles. The maximum Gasteiger partial charge on any atom is 0.309 e. The highest BCUT2D eigenvalue weighted by molar-refractivity contribution is 6.30. The maximum absolute atomic E-state index is 13.3. The minimum atomic E-state index is -1.65. The van der Waals surface area contributed by atoms with Crippen molar-refractivity contribution in [3.05, 3.63) is 64.4 Å². The largest absolute Gasteiger partial charge is 0.493 e. The summed E-state index contributed by atoms with van der Waals surface area (Å²) in [5, 5.41) is 10.4. The average molecular weight is 396 g/mol. The van der Waals surface area contributed by atoms with Crippen molar-refractivity contribution in [2.45, 2.75) is 25.5 Å². The second-order valence-electron chi connectivity index (χ2n) is 6.57. The Labute approximate surface area is 162 Å². The van der Waals surface area contributed by atoms with Crippen LogP contribution in [0, 0.1) is 11.7 Å². The number of carbonyl (C=O) groups excluding carboxylic acids is 1. The van der Waals surface area contributed by atoms with Crippen molar-refractivity contribution in [2.24, 2.45) is 11.7 Å². The van der Waals surface area contributed by atoms with E-state index in [4.69, 9.17) is 22.1 Å². The van der Waals surface area contributed by atoms with Crippen molar-refractivity contribution in [1.82, 2.24) is 0 Å². The smallest absolute Gasteiger partial charge is 0.309 e. The van der Waals surface area contributed by atoms with Gasteiger partial charge in [0.15, 0.2) is 0 Å². The minimum absolute atomic E-state index is 0.0847. The van der Waals surface area contributed by atoms with E-state index in [1.165, 1.54) is 25.3 Å². The van der Waals surface area contributed by atoms with Crippen LogP contribution in [0.3, 0.4) is 0 Å². The Kier molecular flexibility index (Phi) is 7.18. The van der Waals surface area contributed by atoms with Crippen LogP contribution in [-0.4, -0.2) is 24.8 Å². The highest BCUT2D eigenvalue weighted by Gasteiger charge is 2.27. The lowest BCUT2D eigenvalue weighted by molar-refractivity contribution is -0.139. The van der Waals surface area contributed by atoms with Gasteiger partial charge in [0.1, 0.15) is 17.3 Å². The summed E-state index contributed by atoms with van der Waals surface area (Å²) in [6.07, 6.45) is 0.406. The summed E-state index contributed by atoms with van der Waals surface area (Å²) in [4.78, 5) is 11.3. The topological polar surface area (TPSA) is 81.8 Å². The summed E-state index contributed by atoms with van der Waals surface area (Å²) in [5.41, 5.74) is 5.50. The zero-order valence-electron chi connectivity index (χ0n) is 15.2. The number of methoxy groups -OCH3 is 1. The molecule has 0 radical (unpaired) electrons. The van der Waals surface area contributed by atoms with E-state index < -0.39 is 11.5 Å². The third-order valence-electron chi connectivity index (χ3n) is 4.11. The van der Waals surface area contributed by atoms with Gasteiger partial charge in [-0.1, -0.05) is 36.7 Å². The molecule has 5 nitrogen and oxygen atoms in total. The van der Waals surface area contributed by atoms with E-state index in [2.05, 4.69) is 4.74 Å². The van der Waals surface area contributed by atoms with E-state index in [0.717, 1.165) is 5.56 Å². The first kappa shape index (κ1) is 21.2.